The molecule has 0 bridgehead atoms. The number of hydrogen-bond acceptors (Lipinski definition) is 3. The SMILES string of the molecule is CC1(C)OC(=O)Nc2ccc(N)cc21. The summed E-state index contributed by atoms with van der Waals surface area (Å²) in [6.07, 6.45) is -0.424. The molecule has 74 valence electrons. The highest BCUT2D eigenvalue weighted by Gasteiger charge is 2.33. The molecule has 1 aliphatic rings. The highest BCUT2D eigenvalue weighted by Crippen LogP contribution is 2.36. The van der Waals surface area contributed by atoms with E-state index in [1.807, 2.05) is 19.9 Å². The standard InChI is InChI=1S/C10H12N2O2/c1-10(2)7-5-6(11)3-4-8(7)12-9(13)14-10/h3-5H,11H2,1-2H3,(H,12,13). The third-order valence-electron chi connectivity index (χ3n) is 2.28. The Hall–Kier alpha value is -1.71. The van der Waals surface area contributed by atoms with Gasteiger partial charge in [-0.1, -0.05) is 0 Å². The topological polar surface area (TPSA) is 64.3 Å². The molecule has 0 unspecified atom stereocenters. The van der Waals surface area contributed by atoms with E-state index in [0.29, 0.717) is 5.69 Å². The maximum atomic E-state index is 11.2. The van der Waals surface area contributed by atoms with Gasteiger partial charge in [-0.3, -0.25) is 5.32 Å². The van der Waals surface area contributed by atoms with Gasteiger partial charge in [-0.2, -0.15) is 0 Å². The van der Waals surface area contributed by atoms with E-state index in [-0.39, 0.29) is 0 Å². The molecular weight excluding hydrogens is 180 g/mol. The van der Waals surface area contributed by atoms with E-state index >= 15 is 0 Å². The first-order chi connectivity index (χ1) is 6.49. The third-order valence-corrected chi connectivity index (χ3v) is 2.28. The van der Waals surface area contributed by atoms with Crippen LogP contribution in [-0.2, 0) is 10.3 Å². The molecule has 1 amide bonds. The Labute approximate surface area is 82.1 Å². The molecule has 3 N–H and O–H groups in total. The molecule has 0 fully saturated rings. The zero-order valence-electron chi connectivity index (χ0n) is 8.13. The summed E-state index contributed by atoms with van der Waals surface area (Å²) < 4.78 is 5.15. The van der Waals surface area contributed by atoms with Crippen molar-refractivity contribution in [3.8, 4) is 0 Å². The first-order valence-electron chi connectivity index (χ1n) is 4.39. The van der Waals surface area contributed by atoms with Crippen LogP contribution in [0.2, 0.25) is 0 Å². The lowest BCUT2D eigenvalue weighted by Crippen LogP contribution is -2.34. The Morgan fingerprint density at radius 3 is 2.86 bits per heavy atom. The van der Waals surface area contributed by atoms with E-state index in [1.165, 1.54) is 0 Å². The van der Waals surface area contributed by atoms with E-state index in [0.717, 1.165) is 11.3 Å². The number of rotatable bonds is 0. The normalized spacial score (nSPS) is 18.0. The molecule has 1 aliphatic heterocycles. The molecule has 2 rings (SSSR count). The predicted molar refractivity (Wildman–Crippen MR) is 54.0 cm³/mol. The van der Waals surface area contributed by atoms with Crippen LogP contribution in [0.5, 0.6) is 0 Å². The minimum absolute atomic E-state index is 0.424. The lowest BCUT2D eigenvalue weighted by molar-refractivity contribution is 0.0421. The van der Waals surface area contributed by atoms with E-state index in [1.54, 1.807) is 12.1 Å². The number of fused-ring (bicyclic) bond motifs is 1. The molecule has 0 aliphatic carbocycles. The van der Waals surface area contributed by atoms with Gasteiger partial charge in [0.1, 0.15) is 5.60 Å². The molecule has 0 aromatic heterocycles. The monoisotopic (exact) mass is 192 g/mol. The van der Waals surface area contributed by atoms with E-state index in [4.69, 9.17) is 10.5 Å². The Morgan fingerprint density at radius 1 is 1.43 bits per heavy atom. The van der Waals surface area contributed by atoms with E-state index in [2.05, 4.69) is 5.32 Å². The molecule has 0 saturated carbocycles. The van der Waals surface area contributed by atoms with Gasteiger partial charge in [-0.05, 0) is 32.0 Å². The van der Waals surface area contributed by atoms with Gasteiger partial charge in [-0.25, -0.2) is 4.79 Å². The molecule has 0 spiro atoms. The van der Waals surface area contributed by atoms with Gasteiger partial charge in [0.05, 0.1) is 5.69 Å². The van der Waals surface area contributed by atoms with Crippen LogP contribution in [0.3, 0.4) is 0 Å². The summed E-state index contributed by atoms with van der Waals surface area (Å²) in [6, 6.07) is 5.35. The minimum Gasteiger partial charge on any atom is -0.438 e. The fourth-order valence-electron chi connectivity index (χ4n) is 1.59. The van der Waals surface area contributed by atoms with Crippen molar-refractivity contribution in [2.75, 3.05) is 11.1 Å². The molecule has 1 heterocycles. The summed E-state index contributed by atoms with van der Waals surface area (Å²) >= 11 is 0. The van der Waals surface area contributed by atoms with Gasteiger partial charge in [0.15, 0.2) is 0 Å². The van der Waals surface area contributed by atoms with Gasteiger partial charge < -0.3 is 10.5 Å². The molecule has 14 heavy (non-hydrogen) atoms. The number of nitrogens with two attached hydrogens (primary N) is 1. The Morgan fingerprint density at radius 2 is 2.14 bits per heavy atom. The molecule has 0 saturated heterocycles. The predicted octanol–water partition coefficient (Wildman–Crippen LogP) is 2.07. The number of hydrogen-bond donors (Lipinski definition) is 2. The van der Waals surface area contributed by atoms with Gasteiger partial charge >= 0.3 is 6.09 Å². The van der Waals surface area contributed by atoms with Crippen molar-refractivity contribution in [1.82, 2.24) is 0 Å². The highest BCUT2D eigenvalue weighted by molar-refractivity contribution is 5.89. The van der Waals surface area contributed by atoms with Gasteiger partial charge in [0.25, 0.3) is 0 Å². The van der Waals surface area contributed by atoms with Crippen molar-refractivity contribution in [2.24, 2.45) is 0 Å². The molecule has 4 heteroatoms. The second-order valence-electron chi connectivity index (χ2n) is 3.83. The van der Waals surface area contributed by atoms with Crippen LogP contribution < -0.4 is 11.1 Å². The highest BCUT2D eigenvalue weighted by atomic mass is 16.6. The molecule has 4 nitrogen and oxygen atoms in total. The Balaban J connectivity index is 2.58. The van der Waals surface area contributed by atoms with Crippen LogP contribution >= 0.6 is 0 Å². The summed E-state index contributed by atoms with van der Waals surface area (Å²) in [5.41, 5.74) is 7.38. The number of carbonyl (C=O) groups excluding carboxylic acids is 1. The zero-order chi connectivity index (χ0) is 10.3. The average molecular weight is 192 g/mol. The number of anilines is 2. The number of amides is 1. The largest absolute Gasteiger partial charge is 0.438 e. The van der Waals surface area contributed by atoms with Crippen molar-refractivity contribution < 1.29 is 9.53 Å². The summed E-state index contributed by atoms with van der Waals surface area (Å²) in [7, 11) is 0. The smallest absolute Gasteiger partial charge is 0.412 e. The minimum atomic E-state index is -0.618. The quantitative estimate of drug-likeness (QED) is 0.618. The zero-order valence-corrected chi connectivity index (χ0v) is 8.13. The first-order valence-corrected chi connectivity index (χ1v) is 4.39. The lowest BCUT2D eigenvalue weighted by atomic mass is 9.94. The van der Waals surface area contributed by atoms with Gasteiger partial charge in [0, 0.05) is 11.3 Å². The molecule has 1 aromatic rings. The number of benzene rings is 1. The van der Waals surface area contributed by atoms with E-state index < -0.39 is 11.7 Å². The molecule has 0 radical (unpaired) electrons. The van der Waals surface area contributed by atoms with E-state index in [9.17, 15) is 4.79 Å². The summed E-state index contributed by atoms with van der Waals surface area (Å²) in [5, 5.41) is 2.63. The van der Waals surface area contributed by atoms with Crippen LogP contribution in [-0.4, -0.2) is 6.09 Å². The van der Waals surface area contributed by atoms with Crippen molar-refractivity contribution >= 4 is 17.5 Å². The van der Waals surface area contributed by atoms with Crippen LogP contribution in [0, 0.1) is 0 Å². The maximum absolute atomic E-state index is 11.2. The summed E-state index contributed by atoms with van der Waals surface area (Å²) in [4.78, 5) is 11.2. The maximum Gasteiger partial charge on any atom is 0.412 e. The van der Waals surface area contributed by atoms with Gasteiger partial charge in [0.2, 0.25) is 0 Å². The second kappa shape index (κ2) is 2.64. The summed E-state index contributed by atoms with van der Waals surface area (Å²) in [5.74, 6) is 0. The molecule has 0 atom stereocenters. The lowest BCUT2D eigenvalue weighted by Gasteiger charge is -2.32. The van der Waals surface area contributed by atoms with Crippen molar-refractivity contribution in [3.05, 3.63) is 23.8 Å². The third kappa shape index (κ3) is 1.28. The second-order valence-corrected chi connectivity index (χ2v) is 3.83. The number of cyclic esters (lactones) is 1. The molecule has 1 aromatic carbocycles. The van der Waals surface area contributed by atoms with Crippen molar-refractivity contribution in [3.63, 3.8) is 0 Å². The Bertz CT molecular complexity index is 399. The average Bonchev–Trinajstić information content (AvgIpc) is 2.05. The van der Waals surface area contributed by atoms with Crippen LogP contribution in [0.15, 0.2) is 18.2 Å². The fraction of sp³-hybridized carbons (Fsp3) is 0.300. The summed E-state index contributed by atoms with van der Waals surface area (Å²) in [6.45, 7) is 3.67. The number of carbonyl (C=O) groups is 1. The van der Waals surface area contributed by atoms with Gasteiger partial charge in [-0.15, -0.1) is 0 Å². The fourth-order valence-corrected chi connectivity index (χ4v) is 1.59. The van der Waals surface area contributed by atoms with Crippen LogP contribution in [0.25, 0.3) is 0 Å². The van der Waals surface area contributed by atoms with Crippen molar-refractivity contribution in [2.45, 2.75) is 19.4 Å². The molecular formula is C10H12N2O2. The van der Waals surface area contributed by atoms with Crippen LogP contribution in [0.4, 0.5) is 16.2 Å². The number of ether oxygens (including phenoxy) is 1. The van der Waals surface area contributed by atoms with Crippen molar-refractivity contribution in [1.29, 1.82) is 0 Å². The number of nitrogen functional groups attached to an aromatic ring is 1. The van der Waals surface area contributed by atoms with Crippen LogP contribution in [0.1, 0.15) is 19.4 Å². The Kier molecular flexibility index (Phi) is 1.67. The first kappa shape index (κ1) is 8.87. The number of nitrogens with one attached hydrogen (secondary N) is 1.